The van der Waals surface area contributed by atoms with Crippen molar-refractivity contribution in [3.8, 4) is 0 Å². The van der Waals surface area contributed by atoms with Crippen LogP contribution in [0.15, 0.2) is 0 Å². The molecule has 0 saturated carbocycles. The summed E-state index contributed by atoms with van der Waals surface area (Å²) < 4.78 is 53.1. The van der Waals surface area contributed by atoms with Gasteiger partial charge in [0, 0.05) is 0 Å². The fourth-order valence-electron chi connectivity index (χ4n) is 0. The minimum atomic E-state index is -4.42. The number of hydrogen-bond donors (Lipinski definition) is 2. The van der Waals surface area contributed by atoms with E-state index in [9.17, 15) is 0 Å². The summed E-state index contributed by atoms with van der Waals surface area (Å²) in [5, 5.41) is 7.54. The van der Waals surface area contributed by atoms with Crippen LogP contribution in [-0.2, 0) is 37.7 Å². The van der Waals surface area contributed by atoms with E-state index < -0.39 is 20.6 Å². The zero-order valence-corrected chi connectivity index (χ0v) is 7.61. The molecule has 0 aromatic carbocycles. The predicted molar refractivity (Wildman–Crippen MR) is 27.8 cm³/mol. The first-order valence-electron chi connectivity index (χ1n) is 1.47. The minimum Gasteiger partial charge on any atom is -0.736 e. The van der Waals surface area contributed by atoms with Crippen molar-refractivity contribution in [2.24, 2.45) is 10.3 Å². The molecule has 0 aliphatic carbocycles. The fraction of sp³-hybridized carbons (Fsp3) is 0. The van der Waals surface area contributed by atoms with Crippen molar-refractivity contribution in [2.45, 2.75) is 0 Å². The Morgan fingerprint density at radius 1 is 0.818 bits per heavy atom. The van der Waals surface area contributed by atoms with Gasteiger partial charge in [-0.25, -0.2) is 27.1 Å². The third-order valence-electron chi connectivity index (χ3n) is 0. The molecule has 0 aliphatic rings. The van der Waals surface area contributed by atoms with E-state index in [2.05, 4.69) is 10.3 Å². The molecule has 8 nitrogen and oxygen atoms in total. The summed E-state index contributed by atoms with van der Waals surface area (Å²) in [7, 11) is -8.83. The van der Waals surface area contributed by atoms with Crippen LogP contribution in [0.1, 0.15) is 0 Å². The monoisotopic (exact) mass is 247 g/mol. The van der Waals surface area contributed by atoms with Gasteiger partial charge in [-0.1, -0.05) is 0 Å². The molecule has 0 unspecified atom stereocenters. The van der Waals surface area contributed by atoms with Crippen LogP contribution >= 0.6 is 0 Å². The standard InChI is InChI=1S/Mn.2H3NO3S/c;2*1-5(2,3)4/h;2*(H3,1,2,3,4)/q+2;;/p-2. The first kappa shape index (κ1) is 17.4. The van der Waals surface area contributed by atoms with E-state index in [-0.39, 0.29) is 17.1 Å². The van der Waals surface area contributed by atoms with Gasteiger partial charge in [-0.15, -0.1) is 0 Å². The molecule has 1 radical (unpaired) electrons. The van der Waals surface area contributed by atoms with Gasteiger partial charge in [0.25, 0.3) is 0 Å². The quantitative estimate of drug-likeness (QED) is 0.337. The Bertz CT molecular complexity index is 215. The Morgan fingerprint density at radius 3 is 0.818 bits per heavy atom. The van der Waals surface area contributed by atoms with Crippen molar-refractivity contribution >= 4 is 20.6 Å². The van der Waals surface area contributed by atoms with Crippen LogP contribution in [0.3, 0.4) is 0 Å². The molecule has 0 rings (SSSR count). The Balaban J connectivity index is -0.000000107. The molecular formula is H4MnN2O6S2. The average molecular weight is 247 g/mol. The van der Waals surface area contributed by atoms with Gasteiger partial charge in [0.1, 0.15) is 0 Å². The van der Waals surface area contributed by atoms with E-state index in [4.69, 9.17) is 25.9 Å². The maximum Gasteiger partial charge on any atom is 2.00 e. The molecule has 0 saturated heterocycles. The zero-order chi connectivity index (χ0) is 9.00. The van der Waals surface area contributed by atoms with E-state index in [1.54, 1.807) is 0 Å². The smallest absolute Gasteiger partial charge is 0.736 e. The summed E-state index contributed by atoms with van der Waals surface area (Å²) in [5.41, 5.74) is 0. The third-order valence-corrected chi connectivity index (χ3v) is 0. The largest absolute Gasteiger partial charge is 2.00 e. The van der Waals surface area contributed by atoms with E-state index in [0.717, 1.165) is 0 Å². The van der Waals surface area contributed by atoms with Crippen molar-refractivity contribution < 1.29 is 43.0 Å². The van der Waals surface area contributed by atoms with E-state index in [1.165, 1.54) is 0 Å². The molecule has 11 heteroatoms. The van der Waals surface area contributed by atoms with Crippen molar-refractivity contribution in [3.05, 3.63) is 0 Å². The predicted octanol–water partition coefficient (Wildman–Crippen LogP) is -3.19. The van der Waals surface area contributed by atoms with E-state index in [1.807, 2.05) is 0 Å². The number of nitrogens with two attached hydrogens (primary N) is 2. The molecule has 0 atom stereocenters. The van der Waals surface area contributed by atoms with Gasteiger partial charge in [-0.3, -0.25) is 0 Å². The second-order valence-corrected chi connectivity index (χ2v) is 2.96. The molecule has 0 aromatic heterocycles. The third kappa shape index (κ3) is 10400. The van der Waals surface area contributed by atoms with E-state index >= 15 is 0 Å². The van der Waals surface area contributed by atoms with Crippen LogP contribution in [0.4, 0.5) is 0 Å². The molecule has 0 fully saturated rings. The van der Waals surface area contributed by atoms with Gasteiger partial charge in [0.15, 0.2) is 20.6 Å². The SMILES string of the molecule is NS(=O)(=O)[O-].NS(=O)(=O)[O-].[Mn+2]. The second kappa shape index (κ2) is 5.85. The first-order chi connectivity index (χ1) is 4.00. The summed E-state index contributed by atoms with van der Waals surface area (Å²) in [6.45, 7) is 0. The molecule has 0 heterocycles. The van der Waals surface area contributed by atoms with Crippen molar-refractivity contribution in [1.82, 2.24) is 0 Å². The Labute approximate surface area is 74.2 Å². The normalized spacial score (nSPS) is 10.5. The molecule has 0 aliphatic heterocycles. The van der Waals surface area contributed by atoms with Crippen LogP contribution in [-0.4, -0.2) is 25.9 Å². The van der Waals surface area contributed by atoms with Crippen molar-refractivity contribution in [1.29, 1.82) is 0 Å². The second-order valence-electron chi connectivity index (χ2n) is 0.986. The summed E-state index contributed by atoms with van der Waals surface area (Å²) in [4.78, 5) is 0. The molecule has 11 heavy (non-hydrogen) atoms. The first-order valence-corrected chi connectivity index (χ1v) is 4.41. The fourth-order valence-corrected chi connectivity index (χ4v) is 0. The maximum atomic E-state index is 8.85. The van der Waals surface area contributed by atoms with Crippen molar-refractivity contribution in [3.63, 3.8) is 0 Å². The molecular weight excluding hydrogens is 243 g/mol. The van der Waals surface area contributed by atoms with Gasteiger partial charge in [-0.05, 0) is 0 Å². The summed E-state index contributed by atoms with van der Waals surface area (Å²) in [6.07, 6.45) is 0. The van der Waals surface area contributed by atoms with Crippen molar-refractivity contribution in [2.75, 3.05) is 0 Å². The Morgan fingerprint density at radius 2 is 0.818 bits per heavy atom. The summed E-state index contributed by atoms with van der Waals surface area (Å²) >= 11 is 0. The topological polar surface area (TPSA) is 166 Å². The van der Waals surface area contributed by atoms with Crippen LogP contribution in [0.25, 0.3) is 0 Å². The van der Waals surface area contributed by atoms with E-state index in [0.29, 0.717) is 0 Å². The van der Waals surface area contributed by atoms with Gasteiger partial charge >= 0.3 is 17.1 Å². The Hall–Kier alpha value is 0.259. The van der Waals surface area contributed by atoms with Gasteiger partial charge in [0.05, 0.1) is 0 Å². The molecule has 4 N–H and O–H groups in total. The van der Waals surface area contributed by atoms with Crippen LogP contribution < -0.4 is 10.3 Å². The summed E-state index contributed by atoms with van der Waals surface area (Å²) in [5.74, 6) is 0. The minimum absolute atomic E-state index is 0. The zero-order valence-electron chi connectivity index (χ0n) is 4.80. The number of hydrogen-bond acceptors (Lipinski definition) is 6. The molecule has 69 valence electrons. The number of rotatable bonds is 0. The molecule has 0 amide bonds. The van der Waals surface area contributed by atoms with Gasteiger partial charge in [-0.2, -0.15) is 0 Å². The van der Waals surface area contributed by atoms with Crippen LogP contribution in [0.2, 0.25) is 0 Å². The van der Waals surface area contributed by atoms with Crippen LogP contribution in [0.5, 0.6) is 0 Å². The van der Waals surface area contributed by atoms with Gasteiger partial charge < -0.3 is 9.11 Å². The summed E-state index contributed by atoms with van der Waals surface area (Å²) in [6, 6.07) is 0. The molecule has 0 aromatic rings. The maximum absolute atomic E-state index is 8.85. The molecule has 0 bridgehead atoms. The molecule has 0 spiro atoms. The van der Waals surface area contributed by atoms with Gasteiger partial charge in [0.2, 0.25) is 0 Å². The average Bonchev–Trinajstić information content (AvgIpc) is 1.12. The Kier molecular flexibility index (Phi) is 9.24. The van der Waals surface area contributed by atoms with Crippen LogP contribution in [0, 0.1) is 0 Å².